The summed E-state index contributed by atoms with van der Waals surface area (Å²) in [6.07, 6.45) is 0.400. The van der Waals surface area contributed by atoms with Crippen LogP contribution >= 0.6 is 0 Å². The van der Waals surface area contributed by atoms with Crippen molar-refractivity contribution in [2.45, 2.75) is 25.7 Å². The number of methoxy groups -OCH3 is 1. The Morgan fingerprint density at radius 2 is 2.00 bits per heavy atom. The molecule has 2 aromatic heterocycles. The first-order valence-electron chi connectivity index (χ1n) is 10.8. The molecule has 34 heavy (non-hydrogen) atoms. The van der Waals surface area contributed by atoms with Crippen LogP contribution in [0.15, 0.2) is 57.7 Å². The molecule has 9 heteroatoms. The van der Waals surface area contributed by atoms with Gasteiger partial charge in [0.25, 0.3) is 0 Å². The van der Waals surface area contributed by atoms with Gasteiger partial charge in [0.2, 0.25) is 17.1 Å². The summed E-state index contributed by atoms with van der Waals surface area (Å²) >= 11 is 0. The molecule has 176 valence electrons. The molecule has 0 unspecified atom stereocenters. The van der Waals surface area contributed by atoms with Gasteiger partial charge >= 0.3 is 0 Å². The number of carbonyl (C=O) groups excluding carboxylic acids is 1. The Balaban J connectivity index is 1.54. The second-order valence-corrected chi connectivity index (χ2v) is 7.92. The Morgan fingerprint density at radius 3 is 2.76 bits per heavy atom. The van der Waals surface area contributed by atoms with Gasteiger partial charge in [-0.1, -0.05) is 18.2 Å². The first-order valence-corrected chi connectivity index (χ1v) is 10.8. The van der Waals surface area contributed by atoms with Gasteiger partial charge in [0.15, 0.2) is 17.3 Å². The lowest BCUT2D eigenvalue weighted by atomic mass is 9.91. The van der Waals surface area contributed by atoms with Crippen LogP contribution < -0.4 is 15.5 Å². The Labute approximate surface area is 195 Å². The molecule has 0 aliphatic rings. The van der Waals surface area contributed by atoms with Gasteiger partial charge in [0, 0.05) is 25.5 Å². The van der Waals surface area contributed by atoms with Crippen molar-refractivity contribution in [2.75, 3.05) is 13.7 Å². The zero-order chi connectivity index (χ0) is 24.2. The van der Waals surface area contributed by atoms with Gasteiger partial charge in [0.1, 0.15) is 11.6 Å². The van der Waals surface area contributed by atoms with Gasteiger partial charge in [-0.25, -0.2) is 4.98 Å². The van der Waals surface area contributed by atoms with E-state index in [0.717, 1.165) is 16.9 Å². The summed E-state index contributed by atoms with van der Waals surface area (Å²) in [6, 6.07) is 13.4. The largest absolute Gasteiger partial charge is 0.504 e. The third-order valence-electron chi connectivity index (χ3n) is 5.51. The number of hydrogen-bond acceptors (Lipinski definition) is 7. The van der Waals surface area contributed by atoms with Crippen molar-refractivity contribution >= 4 is 16.9 Å². The molecular formula is C25H25N3O6. The van der Waals surface area contributed by atoms with E-state index in [4.69, 9.17) is 9.15 Å². The predicted molar refractivity (Wildman–Crippen MR) is 125 cm³/mol. The zero-order valence-electron chi connectivity index (χ0n) is 18.8. The molecular weight excluding hydrogens is 438 g/mol. The van der Waals surface area contributed by atoms with Gasteiger partial charge < -0.3 is 29.7 Å². The number of rotatable bonds is 8. The number of aromatic nitrogens is 2. The first-order chi connectivity index (χ1) is 16.4. The maximum atomic E-state index is 12.8. The van der Waals surface area contributed by atoms with Crippen LogP contribution in [0.3, 0.4) is 0 Å². The van der Waals surface area contributed by atoms with Crippen molar-refractivity contribution in [3.8, 4) is 17.2 Å². The number of ether oxygens (including phenoxy) is 1. The Morgan fingerprint density at radius 1 is 1.21 bits per heavy atom. The highest BCUT2D eigenvalue weighted by Crippen LogP contribution is 2.37. The molecule has 0 fully saturated rings. The number of aromatic amines is 1. The maximum Gasteiger partial charge on any atom is 0.227 e. The molecule has 0 spiro atoms. The van der Waals surface area contributed by atoms with Gasteiger partial charge in [0.05, 0.1) is 24.1 Å². The third-order valence-corrected chi connectivity index (χ3v) is 5.51. The van der Waals surface area contributed by atoms with Gasteiger partial charge in [-0.15, -0.1) is 0 Å². The lowest BCUT2D eigenvalue weighted by Gasteiger charge is -2.19. The van der Waals surface area contributed by atoms with Crippen LogP contribution in [0.25, 0.3) is 11.0 Å². The fourth-order valence-electron chi connectivity index (χ4n) is 3.84. The van der Waals surface area contributed by atoms with Crippen LogP contribution in [-0.2, 0) is 11.2 Å². The van der Waals surface area contributed by atoms with Crippen molar-refractivity contribution in [2.24, 2.45) is 0 Å². The summed E-state index contributed by atoms with van der Waals surface area (Å²) in [5.74, 6) is -0.493. The van der Waals surface area contributed by atoms with Crippen LogP contribution in [-0.4, -0.2) is 39.7 Å². The Hall–Kier alpha value is -4.27. The molecule has 2 heterocycles. The molecule has 4 N–H and O–H groups in total. The van der Waals surface area contributed by atoms with E-state index in [2.05, 4.69) is 15.3 Å². The van der Waals surface area contributed by atoms with E-state index in [9.17, 15) is 19.8 Å². The maximum absolute atomic E-state index is 12.8. The number of phenols is 1. The van der Waals surface area contributed by atoms with Crippen molar-refractivity contribution in [3.63, 3.8) is 0 Å². The molecule has 0 bridgehead atoms. The number of benzene rings is 2. The fraction of sp³-hybridized carbons (Fsp3) is 0.240. The second-order valence-electron chi connectivity index (χ2n) is 7.92. The Bertz CT molecular complexity index is 1360. The molecule has 0 aliphatic heterocycles. The summed E-state index contributed by atoms with van der Waals surface area (Å²) in [6.45, 7) is 1.93. The average Bonchev–Trinajstić information content (AvgIpc) is 3.23. The number of nitrogens with zero attached hydrogens (tertiary/aromatic N) is 1. The van der Waals surface area contributed by atoms with Crippen molar-refractivity contribution in [3.05, 3.63) is 81.7 Å². The van der Waals surface area contributed by atoms with E-state index >= 15 is 0 Å². The molecule has 1 amide bonds. The van der Waals surface area contributed by atoms with Crippen molar-refractivity contribution < 1.29 is 24.2 Å². The van der Waals surface area contributed by atoms with E-state index in [1.54, 1.807) is 19.1 Å². The number of nitrogens with one attached hydrogen (secondary N) is 2. The normalized spacial score (nSPS) is 11.9. The SMILES string of the molecule is COc1cc([C@H](CC(=O)NCCc2nc3ccccc3[nH]2)c2oc(C)cc(=O)c2O)ccc1O. The molecule has 0 aliphatic carbocycles. The third kappa shape index (κ3) is 4.88. The minimum absolute atomic E-state index is 0.0230. The number of aryl methyl sites for hydroxylation is 1. The summed E-state index contributed by atoms with van der Waals surface area (Å²) in [4.78, 5) is 32.7. The van der Waals surface area contributed by atoms with E-state index in [0.29, 0.717) is 24.3 Å². The lowest BCUT2D eigenvalue weighted by molar-refractivity contribution is -0.121. The molecule has 2 aromatic carbocycles. The lowest BCUT2D eigenvalue weighted by Crippen LogP contribution is -2.28. The van der Waals surface area contributed by atoms with E-state index in [1.807, 2.05) is 24.3 Å². The number of hydrogen-bond donors (Lipinski definition) is 4. The molecule has 4 aromatic rings. The number of imidazole rings is 1. The first kappa shape index (κ1) is 22.9. The topological polar surface area (TPSA) is 138 Å². The number of carbonyl (C=O) groups is 1. The number of amides is 1. The van der Waals surface area contributed by atoms with E-state index in [-0.39, 0.29) is 29.6 Å². The predicted octanol–water partition coefficient (Wildman–Crippen LogP) is 3.13. The standard InChI is InChI=1S/C25H25N3O6/c1-14-11-20(30)24(32)25(34-14)16(15-7-8-19(29)21(12-15)33-2)13-23(31)26-10-9-22-27-17-5-3-4-6-18(17)28-22/h3-8,11-12,16,29,32H,9-10,13H2,1-2H3,(H,26,31)(H,27,28)/t16-/m0/s1. The number of aromatic hydroxyl groups is 2. The van der Waals surface area contributed by atoms with Crippen LogP contribution in [0.4, 0.5) is 0 Å². The molecule has 9 nitrogen and oxygen atoms in total. The smallest absolute Gasteiger partial charge is 0.227 e. The number of H-pyrrole nitrogens is 1. The van der Waals surface area contributed by atoms with Gasteiger partial charge in [-0.2, -0.15) is 0 Å². The van der Waals surface area contributed by atoms with Crippen molar-refractivity contribution in [1.82, 2.24) is 15.3 Å². The second kappa shape index (κ2) is 9.70. The van der Waals surface area contributed by atoms with Crippen LogP contribution in [0.2, 0.25) is 0 Å². The average molecular weight is 463 g/mol. The fourth-order valence-corrected chi connectivity index (χ4v) is 3.84. The van der Waals surface area contributed by atoms with Crippen LogP contribution in [0.1, 0.15) is 35.2 Å². The van der Waals surface area contributed by atoms with E-state index < -0.39 is 17.1 Å². The molecule has 4 rings (SSSR count). The quantitative estimate of drug-likeness (QED) is 0.315. The van der Waals surface area contributed by atoms with Crippen LogP contribution in [0, 0.1) is 6.92 Å². The highest BCUT2D eigenvalue weighted by Gasteiger charge is 2.26. The van der Waals surface area contributed by atoms with Gasteiger partial charge in [-0.05, 0) is 36.8 Å². The van der Waals surface area contributed by atoms with Gasteiger partial charge in [-0.3, -0.25) is 9.59 Å². The number of para-hydroxylation sites is 2. The van der Waals surface area contributed by atoms with Crippen LogP contribution in [0.5, 0.6) is 17.2 Å². The summed E-state index contributed by atoms with van der Waals surface area (Å²) < 4.78 is 10.8. The molecule has 0 saturated heterocycles. The highest BCUT2D eigenvalue weighted by molar-refractivity contribution is 5.78. The minimum Gasteiger partial charge on any atom is -0.504 e. The summed E-state index contributed by atoms with van der Waals surface area (Å²) in [5.41, 5.74) is 1.72. The number of fused-ring (bicyclic) bond motifs is 1. The zero-order valence-corrected chi connectivity index (χ0v) is 18.8. The highest BCUT2D eigenvalue weighted by atomic mass is 16.5. The van der Waals surface area contributed by atoms with Crippen molar-refractivity contribution in [1.29, 1.82) is 0 Å². The summed E-state index contributed by atoms with van der Waals surface area (Å²) in [7, 11) is 1.41. The minimum atomic E-state index is -0.784. The molecule has 0 radical (unpaired) electrons. The summed E-state index contributed by atoms with van der Waals surface area (Å²) in [5, 5.41) is 23.2. The van der Waals surface area contributed by atoms with E-state index in [1.165, 1.54) is 19.2 Å². The monoisotopic (exact) mass is 463 g/mol. The number of phenolic OH excluding ortho intramolecular Hbond substituents is 1. The molecule has 0 saturated carbocycles. The Kier molecular flexibility index (Phi) is 6.53. The molecule has 1 atom stereocenters.